The molecule has 5 aromatic rings. The van der Waals surface area contributed by atoms with Crippen molar-refractivity contribution in [3.8, 4) is 0 Å². The van der Waals surface area contributed by atoms with Gasteiger partial charge in [0.15, 0.2) is 0 Å². The van der Waals surface area contributed by atoms with Crippen LogP contribution in [0.4, 0.5) is 4.39 Å². The Balaban J connectivity index is 2.26. The van der Waals surface area contributed by atoms with Gasteiger partial charge in [0, 0.05) is 16.2 Å². The fourth-order valence-corrected chi connectivity index (χ4v) is 3.63. The number of rotatable bonds is 0. The van der Waals surface area contributed by atoms with E-state index in [1.54, 1.807) is 0 Å². The van der Waals surface area contributed by atoms with Crippen LogP contribution in [0.5, 0.6) is 0 Å². The summed E-state index contributed by atoms with van der Waals surface area (Å²) in [6.07, 6.45) is 0. The zero-order chi connectivity index (χ0) is 14.0. The van der Waals surface area contributed by atoms with Gasteiger partial charge < -0.3 is 0 Å². The van der Waals surface area contributed by atoms with Gasteiger partial charge in [-0.25, -0.2) is 4.39 Å². The largest absolute Gasteiger partial charge is 0.206 e. The molecule has 0 saturated heterocycles. The van der Waals surface area contributed by atoms with Crippen molar-refractivity contribution < 1.29 is 4.39 Å². The van der Waals surface area contributed by atoms with Crippen LogP contribution >= 0.6 is 0 Å². The van der Waals surface area contributed by atoms with Crippen molar-refractivity contribution in [2.75, 3.05) is 0 Å². The van der Waals surface area contributed by atoms with Crippen LogP contribution in [-0.4, -0.2) is 0 Å². The van der Waals surface area contributed by atoms with E-state index in [0.29, 0.717) is 5.39 Å². The number of halogens is 1. The molecule has 0 spiro atoms. The number of hydrogen-bond acceptors (Lipinski definition) is 0. The van der Waals surface area contributed by atoms with Crippen molar-refractivity contribution in [3.63, 3.8) is 0 Å². The summed E-state index contributed by atoms with van der Waals surface area (Å²) >= 11 is 0. The summed E-state index contributed by atoms with van der Waals surface area (Å²) in [6, 6.07) is 22.1. The molecule has 0 fully saturated rings. The predicted molar refractivity (Wildman–Crippen MR) is 87.6 cm³/mol. The quantitative estimate of drug-likeness (QED) is 0.330. The molecule has 0 unspecified atom stereocenters. The van der Waals surface area contributed by atoms with E-state index < -0.39 is 0 Å². The summed E-state index contributed by atoms with van der Waals surface area (Å²) in [5.74, 6) is -0.0973. The highest BCUT2D eigenvalue weighted by Gasteiger charge is 2.19. The summed E-state index contributed by atoms with van der Waals surface area (Å²) < 4.78 is 15.0. The summed E-state index contributed by atoms with van der Waals surface area (Å²) in [7, 11) is 0. The van der Waals surface area contributed by atoms with E-state index in [9.17, 15) is 4.39 Å². The molecular weight excluding hydrogens is 259 g/mol. The maximum absolute atomic E-state index is 15.0. The molecule has 5 rings (SSSR count). The van der Waals surface area contributed by atoms with Crippen molar-refractivity contribution in [1.29, 1.82) is 0 Å². The van der Waals surface area contributed by atoms with Crippen molar-refractivity contribution in [2.24, 2.45) is 0 Å². The van der Waals surface area contributed by atoms with E-state index >= 15 is 0 Å². The Kier molecular flexibility index (Phi) is 1.95. The van der Waals surface area contributed by atoms with Gasteiger partial charge in [0.2, 0.25) is 0 Å². The van der Waals surface area contributed by atoms with Gasteiger partial charge in [0.25, 0.3) is 0 Å². The van der Waals surface area contributed by atoms with Gasteiger partial charge >= 0.3 is 0 Å². The van der Waals surface area contributed by atoms with Crippen LogP contribution in [0.3, 0.4) is 0 Å². The number of fused-ring (bicyclic) bond motifs is 5. The SMILES string of the molecule is Fc1c2cccccc2c2c3cccc4cccc(c12)c43. The van der Waals surface area contributed by atoms with Crippen LogP contribution in [0.1, 0.15) is 0 Å². The highest BCUT2D eigenvalue weighted by Crippen LogP contribution is 2.44. The first-order chi connectivity index (χ1) is 10.4. The Hall–Kier alpha value is -2.67. The fourth-order valence-electron chi connectivity index (χ4n) is 3.63. The van der Waals surface area contributed by atoms with Gasteiger partial charge in [-0.2, -0.15) is 0 Å². The van der Waals surface area contributed by atoms with Crippen LogP contribution in [0.25, 0.3) is 43.1 Å². The monoisotopic (exact) mass is 270 g/mol. The average Bonchev–Trinajstić information content (AvgIpc) is 2.85. The van der Waals surface area contributed by atoms with Gasteiger partial charge in [-0.15, -0.1) is 0 Å². The smallest absolute Gasteiger partial charge is 0.139 e. The molecule has 5 aromatic carbocycles. The summed E-state index contributed by atoms with van der Waals surface area (Å²) in [5, 5.41) is 8.04. The Morgan fingerprint density at radius 3 is 1.86 bits per heavy atom. The first-order valence-corrected chi connectivity index (χ1v) is 7.09. The lowest BCUT2D eigenvalue weighted by Gasteiger charge is -1.98. The molecule has 0 aliphatic heterocycles. The summed E-state index contributed by atoms with van der Waals surface area (Å²) in [5.41, 5.74) is 0. The predicted octanol–water partition coefficient (Wildman–Crippen LogP) is 5.88. The maximum Gasteiger partial charge on any atom is 0.139 e. The molecule has 0 atom stereocenters. The first-order valence-electron chi connectivity index (χ1n) is 7.09. The molecule has 0 radical (unpaired) electrons. The van der Waals surface area contributed by atoms with Crippen molar-refractivity contribution >= 4 is 43.1 Å². The standard InChI is InChI=1S/C20H11F/c21-20-14-9-3-1-2-8-13(14)18-15-10-4-6-12-7-5-11-16(17(12)15)19(18)20/h1-11H. The molecule has 0 aliphatic carbocycles. The van der Waals surface area contributed by atoms with E-state index in [0.717, 1.165) is 26.9 Å². The zero-order valence-corrected chi connectivity index (χ0v) is 11.2. The van der Waals surface area contributed by atoms with E-state index in [4.69, 9.17) is 0 Å². The molecule has 1 heteroatoms. The van der Waals surface area contributed by atoms with E-state index in [1.165, 1.54) is 10.8 Å². The van der Waals surface area contributed by atoms with E-state index in [-0.39, 0.29) is 5.82 Å². The lowest BCUT2D eigenvalue weighted by atomic mass is 10.1. The third-order valence-corrected chi connectivity index (χ3v) is 4.46. The van der Waals surface area contributed by atoms with Gasteiger partial charge in [-0.05, 0) is 26.9 Å². The number of benzene rings is 2. The van der Waals surface area contributed by atoms with Crippen molar-refractivity contribution in [3.05, 3.63) is 72.5 Å². The molecule has 0 nitrogen and oxygen atoms in total. The summed E-state index contributed by atoms with van der Waals surface area (Å²) in [6.45, 7) is 0. The summed E-state index contributed by atoms with van der Waals surface area (Å²) in [4.78, 5) is 0. The molecule has 21 heavy (non-hydrogen) atoms. The minimum Gasteiger partial charge on any atom is -0.206 e. The molecule has 0 aromatic heterocycles. The van der Waals surface area contributed by atoms with Gasteiger partial charge in [0.05, 0.1) is 0 Å². The van der Waals surface area contributed by atoms with Crippen LogP contribution < -0.4 is 0 Å². The zero-order valence-electron chi connectivity index (χ0n) is 11.2. The van der Waals surface area contributed by atoms with Crippen LogP contribution in [-0.2, 0) is 0 Å². The fraction of sp³-hybridized carbons (Fsp3) is 0. The second-order valence-electron chi connectivity index (χ2n) is 5.51. The second-order valence-corrected chi connectivity index (χ2v) is 5.51. The van der Waals surface area contributed by atoms with Gasteiger partial charge in [-0.1, -0.05) is 66.7 Å². The Bertz CT molecular complexity index is 1130. The minimum absolute atomic E-state index is 0.0973. The van der Waals surface area contributed by atoms with Crippen molar-refractivity contribution in [2.45, 2.75) is 0 Å². The third-order valence-electron chi connectivity index (χ3n) is 4.46. The highest BCUT2D eigenvalue weighted by molar-refractivity contribution is 6.37. The normalized spacial score (nSPS) is 12.0. The van der Waals surface area contributed by atoms with Crippen LogP contribution in [0.15, 0.2) is 66.7 Å². The van der Waals surface area contributed by atoms with Crippen LogP contribution in [0.2, 0.25) is 0 Å². The van der Waals surface area contributed by atoms with Crippen molar-refractivity contribution in [1.82, 2.24) is 0 Å². The van der Waals surface area contributed by atoms with E-state index in [2.05, 4.69) is 24.3 Å². The lowest BCUT2D eigenvalue weighted by Crippen LogP contribution is -1.73. The molecule has 0 amide bonds. The molecule has 0 saturated carbocycles. The van der Waals surface area contributed by atoms with Crippen LogP contribution in [0, 0.1) is 5.82 Å². The molecular formula is C20H11F. The molecule has 0 bridgehead atoms. The average molecular weight is 270 g/mol. The molecule has 98 valence electrons. The third kappa shape index (κ3) is 1.24. The molecule has 0 aliphatic rings. The van der Waals surface area contributed by atoms with Gasteiger partial charge in [0.1, 0.15) is 5.82 Å². The minimum atomic E-state index is -0.0973. The number of hydrogen-bond donors (Lipinski definition) is 0. The maximum atomic E-state index is 15.0. The Labute approximate surface area is 120 Å². The molecule has 0 heterocycles. The Morgan fingerprint density at radius 2 is 1.10 bits per heavy atom. The lowest BCUT2D eigenvalue weighted by molar-refractivity contribution is 0.654. The first kappa shape index (κ1) is 11.0. The van der Waals surface area contributed by atoms with E-state index in [1.807, 2.05) is 42.5 Å². The highest BCUT2D eigenvalue weighted by atomic mass is 19.1. The second kappa shape index (κ2) is 3.70. The topological polar surface area (TPSA) is 0 Å². The van der Waals surface area contributed by atoms with Gasteiger partial charge in [-0.3, -0.25) is 0 Å². The Morgan fingerprint density at radius 1 is 0.476 bits per heavy atom. The molecule has 0 N–H and O–H groups in total.